The maximum absolute atomic E-state index is 12.8. The number of hydrogen-bond acceptors (Lipinski definition) is 4. The molecule has 158 valence electrons. The molecule has 3 rings (SSSR count). The van der Waals surface area contributed by atoms with E-state index in [1.807, 2.05) is 30.3 Å². The fourth-order valence-electron chi connectivity index (χ4n) is 2.88. The number of carbonyl (C=O) groups excluding carboxylic acids is 1. The number of nitrogens with zero attached hydrogens (tertiary/aromatic N) is 3. The van der Waals surface area contributed by atoms with Gasteiger partial charge in [0.2, 0.25) is 0 Å². The summed E-state index contributed by atoms with van der Waals surface area (Å²) >= 11 is 5.96. The first-order valence-electron chi connectivity index (χ1n) is 10.1. The Morgan fingerprint density at radius 1 is 1.19 bits per heavy atom. The van der Waals surface area contributed by atoms with Gasteiger partial charge in [0.1, 0.15) is 5.84 Å². The topological polar surface area (TPSA) is 93.9 Å². The van der Waals surface area contributed by atoms with E-state index in [0.29, 0.717) is 46.1 Å². The maximum Gasteiger partial charge on any atom is 0.256 e. The van der Waals surface area contributed by atoms with E-state index in [4.69, 9.17) is 16.9 Å². The molecule has 7 heteroatoms. The first-order valence-corrected chi connectivity index (χ1v) is 10.4. The van der Waals surface area contributed by atoms with Crippen molar-refractivity contribution in [2.24, 2.45) is 16.8 Å². The predicted molar refractivity (Wildman–Crippen MR) is 123 cm³/mol. The lowest BCUT2D eigenvalue weighted by Crippen LogP contribution is -2.32. The molecule has 31 heavy (non-hydrogen) atoms. The minimum Gasteiger partial charge on any atom is -0.310 e. The highest BCUT2D eigenvalue weighted by Gasteiger charge is 2.16. The molecule has 2 aromatic carbocycles. The van der Waals surface area contributed by atoms with Crippen molar-refractivity contribution in [3.05, 3.63) is 70.7 Å². The van der Waals surface area contributed by atoms with E-state index in [2.05, 4.69) is 47.3 Å². The zero-order valence-corrected chi connectivity index (χ0v) is 18.4. The van der Waals surface area contributed by atoms with Crippen LogP contribution in [0.25, 0.3) is 11.3 Å². The van der Waals surface area contributed by atoms with Crippen LogP contribution in [0, 0.1) is 23.2 Å². The van der Waals surface area contributed by atoms with Crippen molar-refractivity contribution in [2.75, 3.05) is 0 Å². The van der Waals surface area contributed by atoms with Crippen molar-refractivity contribution < 1.29 is 4.79 Å². The van der Waals surface area contributed by atoms with Crippen LogP contribution < -0.4 is 5.32 Å². The fourth-order valence-corrected chi connectivity index (χ4v) is 3.01. The molecule has 6 nitrogen and oxygen atoms in total. The summed E-state index contributed by atoms with van der Waals surface area (Å²) in [7, 11) is 0. The smallest absolute Gasteiger partial charge is 0.256 e. The van der Waals surface area contributed by atoms with Crippen LogP contribution in [0.1, 0.15) is 43.1 Å². The lowest BCUT2D eigenvalue weighted by atomic mass is 9.94. The summed E-state index contributed by atoms with van der Waals surface area (Å²) in [5.41, 5.74) is 2.59. The molecule has 0 saturated heterocycles. The van der Waals surface area contributed by atoms with Crippen molar-refractivity contribution >= 4 is 29.2 Å². The van der Waals surface area contributed by atoms with E-state index < -0.39 is 0 Å². The number of benzene rings is 2. The number of aliphatic imine (C=N–C) groups is 1. The van der Waals surface area contributed by atoms with Gasteiger partial charge in [-0.25, -0.2) is 4.99 Å². The minimum absolute atomic E-state index is 0.305. The van der Waals surface area contributed by atoms with Crippen LogP contribution in [0.2, 0.25) is 5.02 Å². The molecular weight excluding hydrogens is 410 g/mol. The zero-order chi connectivity index (χ0) is 22.4. The molecule has 1 atom stereocenters. The van der Waals surface area contributed by atoms with E-state index in [9.17, 15) is 4.79 Å². The number of halogens is 1. The number of carbonyl (C=O) groups is 1. The normalized spacial score (nSPS) is 12.5. The summed E-state index contributed by atoms with van der Waals surface area (Å²) < 4.78 is 0. The number of H-pyrrole nitrogens is 1. The van der Waals surface area contributed by atoms with Gasteiger partial charge in [-0.1, -0.05) is 50.6 Å². The Bertz CT molecular complexity index is 1130. The van der Waals surface area contributed by atoms with Gasteiger partial charge in [0.25, 0.3) is 5.91 Å². The third-order valence-corrected chi connectivity index (χ3v) is 5.39. The molecule has 0 bridgehead atoms. The lowest BCUT2D eigenvalue weighted by molar-refractivity contribution is 0.0976. The first-order chi connectivity index (χ1) is 14.9. The predicted octanol–water partition coefficient (Wildman–Crippen LogP) is 5.74. The quantitative estimate of drug-likeness (QED) is 0.383. The molecule has 0 spiro atoms. The summed E-state index contributed by atoms with van der Waals surface area (Å²) in [6.45, 7) is 6.38. The van der Waals surface area contributed by atoms with Gasteiger partial charge in [-0.15, -0.1) is 0 Å². The van der Waals surface area contributed by atoms with E-state index in [1.54, 1.807) is 24.3 Å². The molecule has 0 aliphatic rings. The van der Waals surface area contributed by atoms with Gasteiger partial charge in [-0.05, 0) is 47.7 Å². The van der Waals surface area contributed by atoms with Gasteiger partial charge in [0.15, 0.2) is 5.82 Å². The highest BCUT2D eigenvalue weighted by Crippen LogP contribution is 2.24. The van der Waals surface area contributed by atoms with Crippen LogP contribution in [0.5, 0.6) is 0 Å². The molecular formula is C24H24ClN5O. The number of amidine groups is 1. The molecule has 0 fully saturated rings. The first kappa shape index (κ1) is 22.3. The van der Waals surface area contributed by atoms with Gasteiger partial charge in [-0.3, -0.25) is 9.89 Å². The Kier molecular flexibility index (Phi) is 7.22. The van der Waals surface area contributed by atoms with Crippen molar-refractivity contribution in [1.29, 1.82) is 5.26 Å². The molecule has 1 aromatic heterocycles. The highest BCUT2D eigenvalue weighted by atomic mass is 35.5. The average molecular weight is 434 g/mol. The van der Waals surface area contributed by atoms with E-state index in [0.717, 1.165) is 11.3 Å². The Labute approximate surface area is 187 Å². The molecule has 1 heterocycles. The number of nitriles is 1. The van der Waals surface area contributed by atoms with Gasteiger partial charge in [-0.2, -0.15) is 10.4 Å². The highest BCUT2D eigenvalue weighted by molar-refractivity contribution is 6.30. The summed E-state index contributed by atoms with van der Waals surface area (Å²) in [5, 5.41) is 19.9. The van der Waals surface area contributed by atoms with Gasteiger partial charge in [0.05, 0.1) is 17.3 Å². The Balaban J connectivity index is 1.86. The summed E-state index contributed by atoms with van der Waals surface area (Å²) in [4.78, 5) is 17.4. The third kappa shape index (κ3) is 6.03. The molecule has 2 N–H and O–H groups in total. The number of hydrogen-bond donors (Lipinski definition) is 2. The number of amides is 1. The average Bonchev–Trinajstić information content (AvgIpc) is 3.22. The zero-order valence-electron chi connectivity index (χ0n) is 17.7. The van der Waals surface area contributed by atoms with Crippen molar-refractivity contribution in [1.82, 2.24) is 15.5 Å². The van der Waals surface area contributed by atoms with Crippen LogP contribution in [0.3, 0.4) is 0 Å². The van der Waals surface area contributed by atoms with Gasteiger partial charge >= 0.3 is 0 Å². The monoisotopic (exact) mass is 433 g/mol. The number of aromatic nitrogens is 2. The Morgan fingerprint density at radius 3 is 2.61 bits per heavy atom. The van der Waals surface area contributed by atoms with Crippen LogP contribution in [0.15, 0.2) is 59.6 Å². The molecule has 1 amide bonds. The number of aromatic amines is 1. The van der Waals surface area contributed by atoms with Crippen molar-refractivity contribution in [2.45, 2.75) is 27.2 Å². The Morgan fingerprint density at radius 2 is 1.94 bits per heavy atom. The second kappa shape index (κ2) is 10.1. The standard InChI is InChI=1S/C24H24ClN5O/c1-15(2)16(3)11-22(28-24(31)19-6-4-5-17(12-19)14-26)27-23-13-21(29-30-23)18-7-9-20(25)10-8-18/h4-10,12-13,15-16H,11H2,1-3H3,(H2,27,28,29,30,31). The minimum atomic E-state index is -0.305. The Hall–Kier alpha value is -3.43. The number of nitrogens with one attached hydrogen (secondary N) is 2. The second-order valence-electron chi connectivity index (χ2n) is 7.78. The molecule has 0 radical (unpaired) electrons. The summed E-state index contributed by atoms with van der Waals surface area (Å²) in [6.07, 6.45) is 0.588. The van der Waals surface area contributed by atoms with Crippen LogP contribution >= 0.6 is 11.6 Å². The molecule has 0 saturated carbocycles. The van der Waals surface area contributed by atoms with Gasteiger partial charge < -0.3 is 5.32 Å². The van der Waals surface area contributed by atoms with E-state index in [-0.39, 0.29) is 5.91 Å². The summed E-state index contributed by atoms with van der Waals surface area (Å²) in [5.74, 6) is 1.43. The largest absolute Gasteiger partial charge is 0.310 e. The molecule has 3 aromatic rings. The fraction of sp³-hybridized carbons (Fsp3) is 0.250. The SMILES string of the molecule is CC(C)C(C)CC(=Nc1cc(-c2ccc(Cl)cc2)[nH]n1)NC(=O)c1cccc(C#N)c1. The van der Waals surface area contributed by atoms with Crippen LogP contribution in [0.4, 0.5) is 5.82 Å². The number of rotatable bonds is 6. The van der Waals surface area contributed by atoms with Crippen molar-refractivity contribution in [3.8, 4) is 17.3 Å². The lowest BCUT2D eigenvalue weighted by Gasteiger charge is -2.17. The van der Waals surface area contributed by atoms with Crippen LogP contribution in [-0.2, 0) is 0 Å². The van der Waals surface area contributed by atoms with E-state index >= 15 is 0 Å². The summed E-state index contributed by atoms with van der Waals surface area (Å²) in [6, 6.07) is 17.9. The molecule has 0 aliphatic heterocycles. The second-order valence-corrected chi connectivity index (χ2v) is 8.21. The van der Waals surface area contributed by atoms with Gasteiger partial charge in [0, 0.05) is 23.1 Å². The van der Waals surface area contributed by atoms with E-state index in [1.165, 1.54) is 0 Å². The third-order valence-electron chi connectivity index (χ3n) is 5.13. The molecule has 0 aliphatic carbocycles. The molecule has 1 unspecified atom stereocenters. The maximum atomic E-state index is 12.8. The van der Waals surface area contributed by atoms with Crippen LogP contribution in [-0.4, -0.2) is 21.9 Å². The van der Waals surface area contributed by atoms with Crippen molar-refractivity contribution in [3.63, 3.8) is 0 Å².